The van der Waals surface area contributed by atoms with E-state index < -0.39 is 17.5 Å². The fraction of sp³-hybridized carbons (Fsp3) is 0.478. The number of halogens is 3. The topological polar surface area (TPSA) is 27.7 Å². The molecule has 29 heavy (non-hydrogen) atoms. The van der Waals surface area contributed by atoms with Gasteiger partial charge in [0.1, 0.15) is 0 Å². The van der Waals surface area contributed by atoms with Crippen molar-refractivity contribution in [2.75, 3.05) is 19.8 Å². The van der Waals surface area contributed by atoms with Crippen LogP contribution in [0.4, 0.5) is 13.2 Å². The molecule has 0 aliphatic carbocycles. The lowest BCUT2D eigenvalue weighted by Crippen LogP contribution is -2.27. The smallest absolute Gasteiger partial charge is 0.166 e. The fourth-order valence-corrected chi connectivity index (χ4v) is 3.50. The van der Waals surface area contributed by atoms with E-state index in [0.29, 0.717) is 26.1 Å². The molecule has 0 amide bonds. The summed E-state index contributed by atoms with van der Waals surface area (Å²) in [5, 5.41) is 0. The Kier molecular flexibility index (Phi) is 7.56. The van der Waals surface area contributed by atoms with Crippen LogP contribution in [0.2, 0.25) is 0 Å². The number of hydrogen-bond acceptors (Lipinski definition) is 3. The third kappa shape index (κ3) is 5.11. The second kappa shape index (κ2) is 10.1. The van der Waals surface area contributed by atoms with Crippen LogP contribution in [-0.4, -0.2) is 26.1 Å². The minimum absolute atomic E-state index is 0.0224. The number of rotatable bonds is 8. The average molecular weight is 408 g/mol. The summed E-state index contributed by atoms with van der Waals surface area (Å²) in [5.41, 5.74) is 0.569. The van der Waals surface area contributed by atoms with Gasteiger partial charge in [-0.1, -0.05) is 31.5 Å². The highest BCUT2D eigenvalue weighted by Crippen LogP contribution is 2.35. The van der Waals surface area contributed by atoms with E-state index in [1.165, 1.54) is 24.3 Å². The van der Waals surface area contributed by atoms with E-state index in [-0.39, 0.29) is 41.3 Å². The van der Waals surface area contributed by atoms with Crippen LogP contribution in [0.25, 0.3) is 11.1 Å². The van der Waals surface area contributed by atoms with Crippen LogP contribution in [0.15, 0.2) is 30.3 Å². The van der Waals surface area contributed by atoms with Gasteiger partial charge in [-0.15, -0.1) is 0 Å². The van der Waals surface area contributed by atoms with Gasteiger partial charge in [0, 0.05) is 18.1 Å². The van der Waals surface area contributed by atoms with Crippen LogP contribution in [-0.2, 0) is 9.47 Å². The maximum absolute atomic E-state index is 14.8. The van der Waals surface area contributed by atoms with Gasteiger partial charge in [-0.2, -0.15) is 0 Å². The lowest BCUT2D eigenvalue weighted by molar-refractivity contribution is -0.164. The summed E-state index contributed by atoms with van der Waals surface area (Å²) in [6.07, 6.45) is 2.75. The standard InChI is InChI=1S/C23H27F3O3/c1-3-5-12-28-20-10-6-15(13-19(20)24)17-8-9-18(23(26)22(17)25)16-7-11-21(27-4-2)29-14-16/h6,8-10,13,16,21H,3-5,7,11-12,14H2,1-2H3. The second-order valence-corrected chi connectivity index (χ2v) is 7.17. The molecule has 158 valence electrons. The van der Waals surface area contributed by atoms with Crippen molar-refractivity contribution in [1.82, 2.24) is 0 Å². The zero-order valence-electron chi connectivity index (χ0n) is 16.8. The molecule has 6 heteroatoms. The van der Waals surface area contributed by atoms with Crippen molar-refractivity contribution in [2.45, 2.75) is 51.7 Å². The molecule has 0 spiro atoms. The van der Waals surface area contributed by atoms with Crippen molar-refractivity contribution in [3.05, 3.63) is 53.3 Å². The predicted octanol–water partition coefficient (Wildman–Crippen LogP) is 6.21. The molecule has 1 saturated heterocycles. The maximum Gasteiger partial charge on any atom is 0.166 e. The summed E-state index contributed by atoms with van der Waals surface area (Å²) in [7, 11) is 0. The molecular formula is C23H27F3O3. The Morgan fingerprint density at radius 1 is 1.03 bits per heavy atom. The van der Waals surface area contributed by atoms with Gasteiger partial charge < -0.3 is 14.2 Å². The van der Waals surface area contributed by atoms with Crippen molar-refractivity contribution < 1.29 is 27.4 Å². The summed E-state index contributed by atoms with van der Waals surface area (Å²) in [5.74, 6) is -2.60. The van der Waals surface area contributed by atoms with Crippen molar-refractivity contribution in [1.29, 1.82) is 0 Å². The van der Waals surface area contributed by atoms with Gasteiger partial charge in [0.2, 0.25) is 0 Å². The van der Waals surface area contributed by atoms with E-state index in [4.69, 9.17) is 14.2 Å². The predicted molar refractivity (Wildman–Crippen MR) is 105 cm³/mol. The minimum atomic E-state index is -0.978. The molecule has 3 nitrogen and oxygen atoms in total. The first-order chi connectivity index (χ1) is 14.0. The Morgan fingerprint density at radius 2 is 1.86 bits per heavy atom. The molecule has 1 aliphatic rings. The number of hydrogen-bond donors (Lipinski definition) is 0. The SMILES string of the molecule is CCCCOc1ccc(-c2ccc(C3CCC(OCC)OC3)c(F)c2F)cc1F. The molecule has 2 aromatic rings. The van der Waals surface area contributed by atoms with Crippen molar-refractivity contribution in [2.24, 2.45) is 0 Å². The third-order valence-corrected chi connectivity index (χ3v) is 5.14. The van der Waals surface area contributed by atoms with Crippen LogP contribution in [0.3, 0.4) is 0 Å². The quantitative estimate of drug-likeness (QED) is 0.486. The molecule has 0 radical (unpaired) electrons. The van der Waals surface area contributed by atoms with Crippen LogP contribution in [0.5, 0.6) is 5.75 Å². The summed E-state index contributed by atoms with van der Waals surface area (Å²) in [4.78, 5) is 0. The average Bonchev–Trinajstić information content (AvgIpc) is 2.72. The number of unbranched alkanes of at least 4 members (excludes halogenated alkanes) is 1. The van der Waals surface area contributed by atoms with Crippen LogP contribution in [0, 0.1) is 17.5 Å². The van der Waals surface area contributed by atoms with Gasteiger partial charge in [-0.25, -0.2) is 13.2 Å². The van der Waals surface area contributed by atoms with E-state index in [9.17, 15) is 13.2 Å². The van der Waals surface area contributed by atoms with Crippen LogP contribution in [0.1, 0.15) is 51.0 Å². The molecule has 0 saturated carbocycles. The van der Waals surface area contributed by atoms with Gasteiger partial charge in [-0.05, 0) is 49.4 Å². The summed E-state index contributed by atoms with van der Waals surface area (Å²) < 4.78 is 60.2. The zero-order chi connectivity index (χ0) is 20.8. The van der Waals surface area contributed by atoms with Crippen molar-refractivity contribution in [3.8, 4) is 16.9 Å². The third-order valence-electron chi connectivity index (χ3n) is 5.14. The Morgan fingerprint density at radius 3 is 2.52 bits per heavy atom. The Labute approximate surface area is 169 Å². The molecule has 2 unspecified atom stereocenters. The highest BCUT2D eigenvalue weighted by molar-refractivity contribution is 5.66. The van der Waals surface area contributed by atoms with Crippen LogP contribution >= 0.6 is 0 Å². The molecule has 0 bridgehead atoms. The van der Waals surface area contributed by atoms with Gasteiger partial charge in [-0.3, -0.25) is 0 Å². The molecular weight excluding hydrogens is 381 g/mol. The molecule has 2 atom stereocenters. The highest BCUT2D eigenvalue weighted by Gasteiger charge is 2.27. The largest absolute Gasteiger partial charge is 0.491 e. The Bertz CT molecular complexity index is 817. The molecule has 3 rings (SSSR count). The summed E-state index contributed by atoms with van der Waals surface area (Å²) >= 11 is 0. The van der Waals surface area contributed by atoms with Gasteiger partial charge in [0.25, 0.3) is 0 Å². The second-order valence-electron chi connectivity index (χ2n) is 7.17. The monoisotopic (exact) mass is 408 g/mol. The van der Waals surface area contributed by atoms with Crippen molar-refractivity contribution in [3.63, 3.8) is 0 Å². The molecule has 1 fully saturated rings. The van der Waals surface area contributed by atoms with Gasteiger partial charge >= 0.3 is 0 Å². The van der Waals surface area contributed by atoms with Crippen LogP contribution < -0.4 is 4.74 Å². The lowest BCUT2D eigenvalue weighted by atomic mass is 9.90. The fourth-order valence-electron chi connectivity index (χ4n) is 3.50. The number of benzene rings is 2. The first kappa shape index (κ1) is 21.7. The molecule has 0 N–H and O–H groups in total. The molecule has 2 aromatic carbocycles. The first-order valence-corrected chi connectivity index (χ1v) is 10.2. The molecule has 0 aromatic heterocycles. The summed E-state index contributed by atoms with van der Waals surface area (Å²) in [6.45, 7) is 5.14. The van der Waals surface area contributed by atoms with E-state index in [1.54, 1.807) is 6.07 Å². The van der Waals surface area contributed by atoms with Crippen molar-refractivity contribution >= 4 is 0 Å². The number of ether oxygens (including phenoxy) is 3. The van der Waals surface area contributed by atoms with Gasteiger partial charge in [0.15, 0.2) is 29.5 Å². The Balaban J connectivity index is 1.77. The van der Waals surface area contributed by atoms with E-state index in [1.807, 2.05) is 13.8 Å². The van der Waals surface area contributed by atoms with E-state index in [0.717, 1.165) is 12.8 Å². The minimum Gasteiger partial charge on any atom is -0.491 e. The van der Waals surface area contributed by atoms with Gasteiger partial charge in [0.05, 0.1) is 13.2 Å². The zero-order valence-corrected chi connectivity index (χ0v) is 16.8. The van der Waals surface area contributed by atoms with E-state index in [2.05, 4.69) is 0 Å². The molecule has 1 heterocycles. The highest BCUT2D eigenvalue weighted by atomic mass is 19.2. The molecule has 1 aliphatic heterocycles. The summed E-state index contributed by atoms with van der Waals surface area (Å²) in [6, 6.07) is 7.23. The van der Waals surface area contributed by atoms with E-state index >= 15 is 0 Å². The normalized spacial score (nSPS) is 19.3. The lowest BCUT2D eigenvalue weighted by Gasteiger charge is -2.29. The maximum atomic E-state index is 14.8. The Hall–Kier alpha value is -2.05. The first-order valence-electron chi connectivity index (χ1n) is 10.2.